The van der Waals surface area contributed by atoms with Gasteiger partial charge in [0.1, 0.15) is 19.0 Å². The minimum Gasteiger partial charge on any atom is -0.491 e. The molecule has 0 heterocycles. The zero-order valence-electron chi connectivity index (χ0n) is 8.87. The van der Waals surface area contributed by atoms with Crippen molar-refractivity contribution in [3.05, 3.63) is 29.3 Å². The topological polar surface area (TPSA) is 44.5 Å². The summed E-state index contributed by atoms with van der Waals surface area (Å²) in [7, 11) is 0. The van der Waals surface area contributed by atoms with E-state index in [1.807, 2.05) is 6.07 Å². The number of nitrogens with two attached hydrogens (primary N) is 1. The number of fused-ring (bicyclic) bond motifs is 1. The highest BCUT2D eigenvalue weighted by Crippen LogP contribution is 2.25. The summed E-state index contributed by atoms with van der Waals surface area (Å²) in [4.78, 5) is 4.45. The van der Waals surface area contributed by atoms with Crippen molar-refractivity contribution in [3.8, 4) is 5.75 Å². The minimum absolute atomic E-state index is 0.428. The first-order valence-corrected chi connectivity index (χ1v) is 5.46. The van der Waals surface area contributed by atoms with Crippen molar-refractivity contribution in [3.63, 3.8) is 0 Å². The zero-order valence-corrected chi connectivity index (χ0v) is 8.87. The molecular formula is C12H17NO2. The molecule has 0 bridgehead atoms. The molecule has 2 rings (SSSR count). The van der Waals surface area contributed by atoms with Gasteiger partial charge in [-0.3, -0.25) is 0 Å². The zero-order chi connectivity index (χ0) is 10.5. The monoisotopic (exact) mass is 207 g/mol. The van der Waals surface area contributed by atoms with Crippen LogP contribution in [0, 0.1) is 0 Å². The third-order valence-corrected chi connectivity index (χ3v) is 2.79. The van der Waals surface area contributed by atoms with Gasteiger partial charge >= 0.3 is 0 Å². The summed E-state index contributed by atoms with van der Waals surface area (Å²) < 4.78 is 5.51. The highest BCUT2D eigenvalue weighted by molar-refractivity contribution is 5.37. The second-order valence-corrected chi connectivity index (χ2v) is 3.86. The molecule has 0 fully saturated rings. The van der Waals surface area contributed by atoms with Gasteiger partial charge in [0.15, 0.2) is 0 Å². The molecule has 0 aliphatic heterocycles. The lowest BCUT2D eigenvalue weighted by Crippen LogP contribution is -2.10. The third-order valence-electron chi connectivity index (χ3n) is 2.79. The number of benzene rings is 1. The molecule has 0 saturated carbocycles. The number of hydrogen-bond acceptors (Lipinski definition) is 3. The maximum absolute atomic E-state index is 5.51. The van der Waals surface area contributed by atoms with Crippen molar-refractivity contribution in [1.82, 2.24) is 0 Å². The number of ether oxygens (including phenoxy) is 1. The molecular weight excluding hydrogens is 190 g/mol. The Morgan fingerprint density at radius 2 is 1.87 bits per heavy atom. The second kappa shape index (κ2) is 5.14. The second-order valence-electron chi connectivity index (χ2n) is 3.86. The van der Waals surface area contributed by atoms with Gasteiger partial charge in [-0.25, -0.2) is 5.90 Å². The number of aryl methyl sites for hydroxylation is 2. The molecule has 0 amide bonds. The van der Waals surface area contributed by atoms with Crippen LogP contribution in [0.15, 0.2) is 18.2 Å². The lowest BCUT2D eigenvalue weighted by molar-refractivity contribution is 0.102. The van der Waals surface area contributed by atoms with E-state index >= 15 is 0 Å². The summed E-state index contributed by atoms with van der Waals surface area (Å²) in [6.45, 7) is 0.937. The summed E-state index contributed by atoms with van der Waals surface area (Å²) in [6.07, 6.45) is 5.00. The van der Waals surface area contributed by atoms with Gasteiger partial charge in [0.2, 0.25) is 0 Å². The van der Waals surface area contributed by atoms with Crippen LogP contribution in [0.4, 0.5) is 0 Å². The fourth-order valence-corrected chi connectivity index (χ4v) is 2.01. The van der Waals surface area contributed by atoms with Gasteiger partial charge in [-0.15, -0.1) is 0 Å². The summed E-state index contributed by atoms with van der Waals surface area (Å²) in [5, 5.41) is 0. The maximum atomic E-state index is 5.51. The van der Waals surface area contributed by atoms with Crippen LogP contribution >= 0.6 is 0 Å². The van der Waals surface area contributed by atoms with Crippen LogP contribution in [-0.2, 0) is 17.7 Å². The summed E-state index contributed by atoms with van der Waals surface area (Å²) in [5.74, 6) is 5.85. The van der Waals surface area contributed by atoms with Crippen molar-refractivity contribution in [2.24, 2.45) is 5.90 Å². The van der Waals surface area contributed by atoms with Crippen molar-refractivity contribution in [2.75, 3.05) is 13.2 Å². The quantitative estimate of drug-likeness (QED) is 0.605. The molecule has 1 aliphatic carbocycles. The lowest BCUT2D eigenvalue weighted by Gasteiger charge is -2.16. The van der Waals surface area contributed by atoms with Crippen LogP contribution in [0.2, 0.25) is 0 Å². The number of rotatable bonds is 4. The molecule has 0 unspecified atom stereocenters. The van der Waals surface area contributed by atoms with E-state index in [-0.39, 0.29) is 0 Å². The van der Waals surface area contributed by atoms with Crippen LogP contribution in [0.5, 0.6) is 5.75 Å². The van der Waals surface area contributed by atoms with Gasteiger partial charge in [0.25, 0.3) is 0 Å². The average Bonchev–Trinajstić information content (AvgIpc) is 2.29. The molecule has 3 heteroatoms. The molecule has 0 spiro atoms. The molecule has 0 radical (unpaired) electrons. The highest BCUT2D eigenvalue weighted by Gasteiger charge is 2.09. The van der Waals surface area contributed by atoms with E-state index < -0.39 is 0 Å². The molecule has 0 aromatic heterocycles. The van der Waals surface area contributed by atoms with Gasteiger partial charge in [-0.05, 0) is 48.9 Å². The van der Waals surface area contributed by atoms with Crippen molar-refractivity contribution in [2.45, 2.75) is 25.7 Å². The van der Waals surface area contributed by atoms with Crippen molar-refractivity contribution < 1.29 is 9.57 Å². The van der Waals surface area contributed by atoms with Crippen LogP contribution in [0.1, 0.15) is 24.0 Å². The Kier molecular flexibility index (Phi) is 3.59. The molecule has 82 valence electrons. The van der Waals surface area contributed by atoms with Crippen molar-refractivity contribution in [1.29, 1.82) is 0 Å². The van der Waals surface area contributed by atoms with Gasteiger partial charge in [-0.1, -0.05) is 6.07 Å². The summed E-state index contributed by atoms with van der Waals surface area (Å²) in [6, 6.07) is 6.35. The molecule has 15 heavy (non-hydrogen) atoms. The van der Waals surface area contributed by atoms with Gasteiger partial charge in [0.05, 0.1) is 0 Å². The third kappa shape index (κ3) is 2.70. The smallest absolute Gasteiger partial charge is 0.119 e. The van der Waals surface area contributed by atoms with E-state index in [1.165, 1.54) is 36.8 Å². The fraction of sp³-hybridized carbons (Fsp3) is 0.500. The fourth-order valence-electron chi connectivity index (χ4n) is 2.01. The lowest BCUT2D eigenvalue weighted by atomic mass is 9.92. The normalized spacial score (nSPS) is 14.7. The predicted octanol–water partition coefficient (Wildman–Crippen LogP) is 1.83. The van der Waals surface area contributed by atoms with E-state index in [0.717, 1.165) is 5.75 Å². The first-order valence-electron chi connectivity index (χ1n) is 5.46. The Balaban J connectivity index is 2.00. The molecule has 0 atom stereocenters. The SMILES string of the molecule is NOCCOc1ccc2c(c1)CCCC2. The van der Waals surface area contributed by atoms with E-state index in [9.17, 15) is 0 Å². The molecule has 1 aromatic rings. The molecule has 3 nitrogen and oxygen atoms in total. The van der Waals surface area contributed by atoms with Gasteiger partial charge < -0.3 is 9.57 Å². The minimum atomic E-state index is 0.428. The Labute approximate surface area is 90.1 Å². The predicted molar refractivity (Wildman–Crippen MR) is 58.7 cm³/mol. The Morgan fingerprint density at radius 1 is 1.07 bits per heavy atom. The van der Waals surface area contributed by atoms with Crippen LogP contribution in [0.25, 0.3) is 0 Å². The number of hydrogen-bond donors (Lipinski definition) is 1. The first kappa shape index (κ1) is 10.5. The van der Waals surface area contributed by atoms with Gasteiger partial charge in [-0.2, -0.15) is 0 Å². The van der Waals surface area contributed by atoms with Crippen molar-refractivity contribution >= 4 is 0 Å². The maximum Gasteiger partial charge on any atom is 0.119 e. The van der Waals surface area contributed by atoms with Crippen LogP contribution in [0.3, 0.4) is 0 Å². The Hall–Kier alpha value is -1.06. The molecule has 0 saturated heterocycles. The standard InChI is InChI=1S/C12H17NO2/c13-15-8-7-14-12-6-5-10-3-1-2-4-11(10)9-12/h5-6,9H,1-4,7-8,13H2. The highest BCUT2D eigenvalue weighted by atomic mass is 16.6. The van der Waals surface area contributed by atoms with E-state index in [4.69, 9.17) is 10.6 Å². The average molecular weight is 207 g/mol. The van der Waals surface area contributed by atoms with Gasteiger partial charge in [0, 0.05) is 0 Å². The molecule has 2 N–H and O–H groups in total. The van der Waals surface area contributed by atoms with Crippen LogP contribution < -0.4 is 10.6 Å². The Morgan fingerprint density at radius 3 is 2.67 bits per heavy atom. The van der Waals surface area contributed by atoms with E-state index in [0.29, 0.717) is 13.2 Å². The first-order chi connectivity index (χ1) is 7.40. The molecule has 1 aliphatic rings. The largest absolute Gasteiger partial charge is 0.491 e. The van der Waals surface area contributed by atoms with E-state index in [2.05, 4.69) is 17.0 Å². The van der Waals surface area contributed by atoms with Crippen LogP contribution in [-0.4, -0.2) is 13.2 Å². The van der Waals surface area contributed by atoms with E-state index in [1.54, 1.807) is 0 Å². The Bertz CT molecular complexity index is 325. The molecule has 1 aromatic carbocycles. The summed E-state index contributed by atoms with van der Waals surface area (Å²) >= 11 is 0. The summed E-state index contributed by atoms with van der Waals surface area (Å²) in [5.41, 5.74) is 2.91.